The number of nitrogens with one attached hydrogen (secondary N) is 1. The average Bonchev–Trinajstić information content (AvgIpc) is 2.39. The molecule has 0 fully saturated rings. The minimum absolute atomic E-state index is 0.546. The minimum Gasteiger partial charge on any atom is -0.385 e. The van der Waals surface area contributed by atoms with Gasteiger partial charge in [0.15, 0.2) is 0 Å². The Morgan fingerprint density at radius 1 is 1.24 bits per heavy atom. The van der Waals surface area contributed by atoms with Gasteiger partial charge in [0, 0.05) is 26.3 Å². The van der Waals surface area contributed by atoms with Gasteiger partial charge in [-0.25, -0.2) is 0 Å². The van der Waals surface area contributed by atoms with E-state index in [0.29, 0.717) is 12.0 Å². The molecular weight excluding hydrogens is 210 g/mol. The summed E-state index contributed by atoms with van der Waals surface area (Å²) < 4.78 is 5.20. The first-order chi connectivity index (χ1) is 8.27. The van der Waals surface area contributed by atoms with E-state index < -0.39 is 0 Å². The topological polar surface area (TPSA) is 21.3 Å². The fourth-order valence-corrected chi connectivity index (χ4v) is 1.86. The monoisotopic (exact) mass is 235 g/mol. The van der Waals surface area contributed by atoms with Crippen molar-refractivity contribution in [2.45, 2.75) is 38.6 Å². The van der Waals surface area contributed by atoms with E-state index in [4.69, 9.17) is 4.74 Å². The molecule has 1 rings (SSSR count). The van der Waals surface area contributed by atoms with E-state index >= 15 is 0 Å². The molecule has 0 aliphatic heterocycles. The van der Waals surface area contributed by atoms with Crippen LogP contribution < -0.4 is 5.32 Å². The number of rotatable bonds is 8. The second-order valence-corrected chi connectivity index (χ2v) is 4.61. The van der Waals surface area contributed by atoms with Gasteiger partial charge in [0.2, 0.25) is 0 Å². The van der Waals surface area contributed by atoms with Crippen molar-refractivity contribution < 1.29 is 4.74 Å². The molecule has 0 saturated carbocycles. The zero-order valence-corrected chi connectivity index (χ0v) is 11.3. The Balaban J connectivity index is 2.54. The standard InChI is InChI=1S/C15H25NO/c1-4-13(2)16-12-15(10-11-17-3)14-8-6-5-7-9-14/h5-9,13,15-16H,4,10-12H2,1-3H3. The van der Waals surface area contributed by atoms with Crippen LogP contribution in [0.15, 0.2) is 30.3 Å². The van der Waals surface area contributed by atoms with Crippen LogP contribution in [0.3, 0.4) is 0 Å². The molecule has 17 heavy (non-hydrogen) atoms. The van der Waals surface area contributed by atoms with Crippen LogP contribution in [0.5, 0.6) is 0 Å². The highest BCUT2D eigenvalue weighted by atomic mass is 16.5. The Bertz CT molecular complexity index is 286. The summed E-state index contributed by atoms with van der Waals surface area (Å²) >= 11 is 0. The summed E-state index contributed by atoms with van der Waals surface area (Å²) in [6.07, 6.45) is 2.25. The van der Waals surface area contributed by atoms with Crippen molar-refractivity contribution in [1.82, 2.24) is 5.32 Å². The molecule has 2 heteroatoms. The van der Waals surface area contributed by atoms with Crippen molar-refractivity contribution >= 4 is 0 Å². The van der Waals surface area contributed by atoms with E-state index in [-0.39, 0.29) is 0 Å². The number of hydrogen-bond donors (Lipinski definition) is 1. The van der Waals surface area contributed by atoms with Crippen molar-refractivity contribution in [3.63, 3.8) is 0 Å². The van der Waals surface area contributed by atoms with Crippen LogP contribution in [0.1, 0.15) is 38.2 Å². The first-order valence-corrected chi connectivity index (χ1v) is 6.55. The smallest absolute Gasteiger partial charge is 0.0468 e. The van der Waals surface area contributed by atoms with Crippen molar-refractivity contribution in [2.75, 3.05) is 20.3 Å². The second-order valence-electron chi connectivity index (χ2n) is 4.61. The second kappa shape index (κ2) is 8.26. The van der Waals surface area contributed by atoms with Gasteiger partial charge in [0.1, 0.15) is 0 Å². The molecule has 0 amide bonds. The SMILES string of the molecule is CCC(C)NCC(CCOC)c1ccccc1. The molecular formula is C15H25NO. The molecule has 0 saturated heterocycles. The summed E-state index contributed by atoms with van der Waals surface area (Å²) in [5.41, 5.74) is 1.40. The lowest BCUT2D eigenvalue weighted by molar-refractivity contribution is 0.186. The van der Waals surface area contributed by atoms with E-state index in [0.717, 1.165) is 19.6 Å². The lowest BCUT2D eigenvalue weighted by Gasteiger charge is -2.20. The Morgan fingerprint density at radius 3 is 2.53 bits per heavy atom. The van der Waals surface area contributed by atoms with Crippen molar-refractivity contribution in [1.29, 1.82) is 0 Å². The summed E-state index contributed by atoms with van der Waals surface area (Å²) in [7, 11) is 1.77. The Kier molecular flexibility index (Phi) is 6.90. The molecule has 0 spiro atoms. The van der Waals surface area contributed by atoms with Crippen LogP contribution in [0.4, 0.5) is 0 Å². The molecule has 0 aromatic heterocycles. The molecule has 0 radical (unpaired) electrons. The molecule has 2 atom stereocenters. The largest absolute Gasteiger partial charge is 0.385 e. The normalized spacial score (nSPS) is 14.5. The highest BCUT2D eigenvalue weighted by molar-refractivity contribution is 5.19. The van der Waals surface area contributed by atoms with E-state index in [1.165, 1.54) is 12.0 Å². The highest BCUT2D eigenvalue weighted by Gasteiger charge is 2.11. The van der Waals surface area contributed by atoms with Crippen molar-refractivity contribution in [3.8, 4) is 0 Å². The lowest BCUT2D eigenvalue weighted by Crippen LogP contribution is -2.30. The fourth-order valence-electron chi connectivity index (χ4n) is 1.86. The molecule has 0 heterocycles. The quantitative estimate of drug-likeness (QED) is 0.747. The predicted octanol–water partition coefficient (Wildman–Crippen LogP) is 3.19. The van der Waals surface area contributed by atoms with Crippen molar-refractivity contribution in [2.24, 2.45) is 0 Å². The van der Waals surface area contributed by atoms with Gasteiger partial charge in [-0.2, -0.15) is 0 Å². The van der Waals surface area contributed by atoms with E-state index in [9.17, 15) is 0 Å². The van der Waals surface area contributed by atoms with Crippen molar-refractivity contribution in [3.05, 3.63) is 35.9 Å². The zero-order chi connectivity index (χ0) is 12.5. The maximum Gasteiger partial charge on any atom is 0.0468 e. The maximum atomic E-state index is 5.20. The maximum absolute atomic E-state index is 5.20. The first-order valence-electron chi connectivity index (χ1n) is 6.55. The molecule has 2 nitrogen and oxygen atoms in total. The summed E-state index contributed by atoms with van der Waals surface area (Å²) in [5, 5.41) is 3.58. The molecule has 2 unspecified atom stereocenters. The molecule has 0 aliphatic rings. The van der Waals surface area contributed by atoms with Crippen LogP contribution in [-0.2, 0) is 4.74 Å². The molecule has 96 valence electrons. The van der Waals surface area contributed by atoms with E-state index in [1.54, 1.807) is 7.11 Å². The van der Waals surface area contributed by atoms with Crippen LogP contribution in [-0.4, -0.2) is 26.3 Å². The van der Waals surface area contributed by atoms with Crippen LogP contribution in [0.25, 0.3) is 0 Å². The summed E-state index contributed by atoms with van der Waals surface area (Å²) in [4.78, 5) is 0. The summed E-state index contributed by atoms with van der Waals surface area (Å²) in [5.74, 6) is 0.546. The van der Waals surface area contributed by atoms with Gasteiger partial charge in [-0.1, -0.05) is 37.3 Å². The van der Waals surface area contributed by atoms with Gasteiger partial charge in [-0.05, 0) is 31.2 Å². The third-order valence-electron chi connectivity index (χ3n) is 3.27. The summed E-state index contributed by atoms with van der Waals surface area (Å²) in [6, 6.07) is 11.3. The van der Waals surface area contributed by atoms with Gasteiger partial charge in [-0.3, -0.25) is 0 Å². The Labute approximate surface area is 105 Å². The molecule has 0 aliphatic carbocycles. The third kappa shape index (κ3) is 5.33. The van der Waals surface area contributed by atoms with Crippen LogP contribution in [0.2, 0.25) is 0 Å². The van der Waals surface area contributed by atoms with Gasteiger partial charge in [-0.15, -0.1) is 0 Å². The van der Waals surface area contributed by atoms with Gasteiger partial charge in [0.05, 0.1) is 0 Å². The minimum atomic E-state index is 0.546. The predicted molar refractivity (Wildman–Crippen MR) is 73.4 cm³/mol. The molecule has 1 N–H and O–H groups in total. The fraction of sp³-hybridized carbons (Fsp3) is 0.600. The lowest BCUT2D eigenvalue weighted by atomic mass is 9.95. The van der Waals surface area contributed by atoms with E-state index in [1.807, 2.05) is 0 Å². The average molecular weight is 235 g/mol. The van der Waals surface area contributed by atoms with Gasteiger partial charge < -0.3 is 10.1 Å². The van der Waals surface area contributed by atoms with Crippen LogP contribution in [0, 0.1) is 0 Å². The Morgan fingerprint density at radius 2 is 1.94 bits per heavy atom. The van der Waals surface area contributed by atoms with Gasteiger partial charge in [0.25, 0.3) is 0 Å². The molecule has 1 aromatic carbocycles. The number of methoxy groups -OCH3 is 1. The van der Waals surface area contributed by atoms with E-state index in [2.05, 4.69) is 49.5 Å². The molecule has 0 bridgehead atoms. The zero-order valence-electron chi connectivity index (χ0n) is 11.3. The first kappa shape index (κ1) is 14.2. The third-order valence-corrected chi connectivity index (χ3v) is 3.27. The number of benzene rings is 1. The summed E-state index contributed by atoms with van der Waals surface area (Å²) in [6.45, 7) is 6.30. The van der Waals surface area contributed by atoms with Crippen LogP contribution >= 0.6 is 0 Å². The van der Waals surface area contributed by atoms with Gasteiger partial charge >= 0.3 is 0 Å². The Hall–Kier alpha value is -0.860. The molecule has 1 aromatic rings. The number of ether oxygens (including phenoxy) is 1. The highest BCUT2D eigenvalue weighted by Crippen LogP contribution is 2.18. The number of hydrogen-bond acceptors (Lipinski definition) is 2.